The number of thioether (sulfide) groups is 1. The van der Waals surface area contributed by atoms with Crippen LogP contribution in [0.3, 0.4) is 0 Å². The summed E-state index contributed by atoms with van der Waals surface area (Å²) in [5, 5.41) is 3.09. The van der Waals surface area contributed by atoms with Crippen LogP contribution in [0, 0.1) is 11.8 Å². The van der Waals surface area contributed by atoms with Crippen molar-refractivity contribution in [2.24, 2.45) is 17.6 Å². The molecule has 0 spiro atoms. The number of rotatable bonds is 9. The van der Waals surface area contributed by atoms with Crippen molar-refractivity contribution < 1.29 is 4.79 Å². The summed E-state index contributed by atoms with van der Waals surface area (Å²) < 4.78 is 0. The third-order valence-electron chi connectivity index (χ3n) is 2.84. The van der Waals surface area contributed by atoms with E-state index in [1.165, 1.54) is 0 Å². The van der Waals surface area contributed by atoms with Gasteiger partial charge in [-0.2, -0.15) is 11.8 Å². The van der Waals surface area contributed by atoms with Gasteiger partial charge < -0.3 is 11.1 Å². The molecule has 17 heavy (non-hydrogen) atoms. The fourth-order valence-corrected chi connectivity index (χ4v) is 2.66. The van der Waals surface area contributed by atoms with Crippen LogP contribution in [0.1, 0.15) is 40.0 Å². The predicted octanol–water partition coefficient (Wildman–Crippen LogP) is 2.26. The molecule has 0 bridgehead atoms. The summed E-state index contributed by atoms with van der Waals surface area (Å²) >= 11 is 1.77. The molecule has 2 unspecified atom stereocenters. The van der Waals surface area contributed by atoms with Gasteiger partial charge in [0, 0.05) is 18.2 Å². The number of nitrogens with two attached hydrogens (primary N) is 1. The monoisotopic (exact) mass is 260 g/mol. The Balaban J connectivity index is 4.04. The first kappa shape index (κ1) is 16.8. The largest absolute Gasteiger partial charge is 0.353 e. The molecule has 0 aromatic heterocycles. The predicted molar refractivity (Wildman–Crippen MR) is 77.2 cm³/mol. The molecule has 3 nitrogen and oxygen atoms in total. The lowest BCUT2D eigenvalue weighted by Crippen LogP contribution is -2.38. The Labute approximate surface area is 110 Å². The average molecular weight is 260 g/mol. The van der Waals surface area contributed by atoms with Gasteiger partial charge in [0.05, 0.1) is 0 Å². The quantitative estimate of drug-likeness (QED) is 0.668. The van der Waals surface area contributed by atoms with Crippen LogP contribution in [-0.4, -0.2) is 30.5 Å². The molecule has 2 atom stereocenters. The van der Waals surface area contributed by atoms with E-state index in [1.54, 1.807) is 11.8 Å². The third kappa shape index (κ3) is 8.50. The van der Waals surface area contributed by atoms with E-state index in [9.17, 15) is 4.79 Å². The minimum absolute atomic E-state index is 0.155. The minimum atomic E-state index is 0.155. The van der Waals surface area contributed by atoms with Gasteiger partial charge in [-0.15, -0.1) is 0 Å². The van der Waals surface area contributed by atoms with Crippen LogP contribution in [0.4, 0.5) is 0 Å². The van der Waals surface area contributed by atoms with E-state index in [-0.39, 0.29) is 5.91 Å². The topological polar surface area (TPSA) is 55.1 Å². The first-order valence-corrected chi connectivity index (χ1v) is 7.91. The van der Waals surface area contributed by atoms with Gasteiger partial charge in [0.25, 0.3) is 0 Å². The lowest BCUT2D eigenvalue weighted by molar-refractivity contribution is -0.122. The molecule has 0 aliphatic rings. The van der Waals surface area contributed by atoms with E-state index in [1.807, 2.05) is 0 Å². The Morgan fingerprint density at radius 1 is 1.41 bits per heavy atom. The maximum absolute atomic E-state index is 11.9. The summed E-state index contributed by atoms with van der Waals surface area (Å²) in [5.74, 6) is 2.06. The summed E-state index contributed by atoms with van der Waals surface area (Å²) in [4.78, 5) is 11.9. The molecule has 1 amide bonds. The Morgan fingerprint density at radius 2 is 2.06 bits per heavy atom. The summed E-state index contributed by atoms with van der Waals surface area (Å²) in [5.41, 5.74) is 5.71. The maximum Gasteiger partial charge on any atom is 0.220 e. The van der Waals surface area contributed by atoms with Crippen LogP contribution in [-0.2, 0) is 4.79 Å². The molecule has 0 rings (SSSR count). The van der Waals surface area contributed by atoms with Gasteiger partial charge in [0.15, 0.2) is 0 Å². The van der Waals surface area contributed by atoms with Gasteiger partial charge in [0.2, 0.25) is 5.91 Å². The zero-order valence-corrected chi connectivity index (χ0v) is 12.5. The van der Waals surface area contributed by atoms with Crippen LogP contribution in [0.2, 0.25) is 0 Å². The van der Waals surface area contributed by atoms with Gasteiger partial charge in [-0.05, 0) is 37.5 Å². The summed E-state index contributed by atoms with van der Waals surface area (Å²) in [6.07, 6.45) is 4.66. The molecule has 102 valence electrons. The summed E-state index contributed by atoms with van der Waals surface area (Å²) in [6.45, 7) is 7.05. The fraction of sp³-hybridized carbons (Fsp3) is 0.923. The molecule has 4 heteroatoms. The van der Waals surface area contributed by atoms with Crippen molar-refractivity contribution in [2.75, 3.05) is 18.6 Å². The molecule has 3 N–H and O–H groups in total. The van der Waals surface area contributed by atoms with Crippen LogP contribution in [0.25, 0.3) is 0 Å². The minimum Gasteiger partial charge on any atom is -0.353 e. The maximum atomic E-state index is 11.9. The average Bonchev–Trinajstić information content (AvgIpc) is 2.26. The number of carbonyl (C=O) groups excluding carboxylic acids is 1. The molecule has 0 fully saturated rings. The summed E-state index contributed by atoms with van der Waals surface area (Å²) in [6, 6.07) is 0.301. The van der Waals surface area contributed by atoms with Crippen molar-refractivity contribution in [2.45, 2.75) is 46.1 Å². The van der Waals surface area contributed by atoms with Crippen LogP contribution in [0.15, 0.2) is 0 Å². The van der Waals surface area contributed by atoms with Crippen molar-refractivity contribution in [3.63, 3.8) is 0 Å². The van der Waals surface area contributed by atoms with Gasteiger partial charge >= 0.3 is 0 Å². The Bertz CT molecular complexity index is 210. The van der Waals surface area contributed by atoms with Crippen molar-refractivity contribution in [1.82, 2.24) is 5.32 Å². The second-order valence-corrected chi connectivity index (χ2v) is 5.97. The molecule has 0 aromatic rings. The van der Waals surface area contributed by atoms with E-state index in [0.717, 1.165) is 18.6 Å². The highest BCUT2D eigenvalue weighted by atomic mass is 32.2. The van der Waals surface area contributed by atoms with Gasteiger partial charge in [-0.25, -0.2) is 0 Å². The number of amides is 1. The standard InChI is InChI=1S/C13H28N2OS/c1-5-12(9-17-4)15-13(16)7-11(8-14)6-10(2)3/h10-12H,5-9,14H2,1-4H3,(H,15,16). The highest BCUT2D eigenvalue weighted by Crippen LogP contribution is 2.14. The molecular formula is C13H28N2OS. The molecular weight excluding hydrogens is 232 g/mol. The molecule has 0 heterocycles. The first-order chi connectivity index (χ1) is 8.03. The van der Waals surface area contributed by atoms with Crippen LogP contribution < -0.4 is 11.1 Å². The Kier molecular flexibility index (Phi) is 9.65. The van der Waals surface area contributed by atoms with Crippen LogP contribution >= 0.6 is 11.8 Å². The second-order valence-electron chi connectivity index (χ2n) is 5.06. The van der Waals surface area contributed by atoms with Gasteiger partial charge in [-0.1, -0.05) is 20.8 Å². The molecule has 0 aromatic carbocycles. The number of hydrogen-bond donors (Lipinski definition) is 2. The van der Waals surface area contributed by atoms with E-state index in [2.05, 4.69) is 32.3 Å². The van der Waals surface area contributed by atoms with Gasteiger partial charge in [0.1, 0.15) is 0 Å². The highest BCUT2D eigenvalue weighted by Gasteiger charge is 2.16. The number of hydrogen-bond acceptors (Lipinski definition) is 3. The zero-order valence-electron chi connectivity index (χ0n) is 11.7. The SMILES string of the molecule is CCC(CSC)NC(=O)CC(CN)CC(C)C. The molecule has 0 aliphatic carbocycles. The van der Waals surface area contributed by atoms with E-state index < -0.39 is 0 Å². The van der Waals surface area contributed by atoms with E-state index >= 15 is 0 Å². The number of nitrogens with one attached hydrogen (secondary N) is 1. The Hall–Kier alpha value is -0.220. The van der Waals surface area contributed by atoms with Crippen molar-refractivity contribution >= 4 is 17.7 Å². The molecule has 0 saturated carbocycles. The van der Waals surface area contributed by atoms with E-state index in [0.29, 0.717) is 30.8 Å². The number of carbonyl (C=O) groups is 1. The fourth-order valence-electron chi connectivity index (χ4n) is 1.94. The third-order valence-corrected chi connectivity index (χ3v) is 3.57. The van der Waals surface area contributed by atoms with Crippen molar-refractivity contribution in [3.8, 4) is 0 Å². The highest BCUT2D eigenvalue weighted by molar-refractivity contribution is 7.98. The van der Waals surface area contributed by atoms with Crippen LogP contribution in [0.5, 0.6) is 0 Å². The van der Waals surface area contributed by atoms with Gasteiger partial charge in [-0.3, -0.25) is 4.79 Å². The zero-order chi connectivity index (χ0) is 13.3. The summed E-state index contributed by atoms with van der Waals surface area (Å²) in [7, 11) is 0. The molecule has 0 aliphatic heterocycles. The molecule has 0 saturated heterocycles. The normalized spacial score (nSPS) is 14.7. The smallest absolute Gasteiger partial charge is 0.220 e. The second kappa shape index (κ2) is 9.77. The van der Waals surface area contributed by atoms with E-state index in [4.69, 9.17) is 5.73 Å². The lowest BCUT2D eigenvalue weighted by atomic mass is 9.94. The molecule has 0 radical (unpaired) electrons. The lowest BCUT2D eigenvalue weighted by Gasteiger charge is -2.20. The Morgan fingerprint density at radius 3 is 2.47 bits per heavy atom. The van der Waals surface area contributed by atoms with Crippen molar-refractivity contribution in [3.05, 3.63) is 0 Å². The first-order valence-electron chi connectivity index (χ1n) is 6.51. The van der Waals surface area contributed by atoms with Crippen molar-refractivity contribution in [1.29, 1.82) is 0 Å².